The van der Waals surface area contributed by atoms with E-state index in [1.807, 2.05) is 0 Å². The molecular formula is C15H22N2O3. The number of nitrogens with one attached hydrogen (secondary N) is 1. The maximum atomic E-state index is 11.1. The Balaban J connectivity index is 2.15. The molecular weight excluding hydrogens is 256 g/mol. The molecule has 1 aliphatic carbocycles. The first-order valence-corrected chi connectivity index (χ1v) is 7.23. The summed E-state index contributed by atoms with van der Waals surface area (Å²) in [5.74, 6) is 0.407. The average Bonchev–Trinajstić information content (AvgIpc) is 2.89. The fourth-order valence-electron chi connectivity index (χ4n) is 2.42. The van der Waals surface area contributed by atoms with Crippen molar-refractivity contribution in [1.29, 1.82) is 0 Å². The second-order valence-corrected chi connectivity index (χ2v) is 5.62. The second-order valence-electron chi connectivity index (χ2n) is 5.62. The van der Waals surface area contributed by atoms with E-state index in [4.69, 9.17) is 4.74 Å². The molecule has 1 fully saturated rings. The molecule has 0 saturated heterocycles. The number of nitro benzene ring substituents is 1. The molecule has 1 aromatic carbocycles. The van der Waals surface area contributed by atoms with Crippen molar-refractivity contribution in [2.75, 3.05) is 0 Å². The van der Waals surface area contributed by atoms with Crippen LogP contribution in [-0.2, 0) is 6.54 Å². The number of hydrogen-bond donors (Lipinski definition) is 1. The number of nitro groups is 1. The maximum absolute atomic E-state index is 11.1. The van der Waals surface area contributed by atoms with Crippen molar-refractivity contribution in [2.24, 2.45) is 0 Å². The van der Waals surface area contributed by atoms with Gasteiger partial charge in [0.15, 0.2) is 5.75 Å². The number of benzene rings is 1. The predicted octanol–water partition coefficient (Wildman–Crippen LogP) is 3.41. The van der Waals surface area contributed by atoms with Gasteiger partial charge in [-0.25, -0.2) is 0 Å². The summed E-state index contributed by atoms with van der Waals surface area (Å²) >= 11 is 0. The van der Waals surface area contributed by atoms with Gasteiger partial charge in [0.2, 0.25) is 0 Å². The van der Waals surface area contributed by atoms with Gasteiger partial charge in [-0.15, -0.1) is 0 Å². The summed E-state index contributed by atoms with van der Waals surface area (Å²) in [5.41, 5.74) is 1.07. The Bertz CT molecular complexity index is 468. The smallest absolute Gasteiger partial charge is 0.310 e. The average molecular weight is 278 g/mol. The van der Waals surface area contributed by atoms with Gasteiger partial charge in [-0.2, -0.15) is 0 Å². The van der Waals surface area contributed by atoms with Gasteiger partial charge in [0, 0.05) is 18.7 Å². The zero-order chi connectivity index (χ0) is 14.5. The van der Waals surface area contributed by atoms with Gasteiger partial charge in [-0.1, -0.05) is 19.9 Å². The summed E-state index contributed by atoms with van der Waals surface area (Å²) in [4.78, 5) is 10.7. The van der Waals surface area contributed by atoms with Crippen LogP contribution in [0.15, 0.2) is 18.2 Å². The van der Waals surface area contributed by atoms with Gasteiger partial charge < -0.3 is 10.1 Å². The Kier molecular flexibility index (Phi) is 4.95. The van der Waals surface area contributed by atoms with Crippen LogP contribution in [0.3, 0.4) is 0 Å². The first kappa shape index (κ1) is 14.8. The Labute approximate surface area is 119 Å². The zero-order valence-corrected chi connectivity index (χ0v) is 12.1. The predicted molar refractivity (Wildman–Crippen MR) is 78.0 cm³/mol. The van der Waals surface area contributed by atoms with Crippen LogP contribution in [0.1, 0.15) is 45.1 Å². The fourth-order valence-corrected chi connectivity index (χ4v) is 2.42. The lowest BCUT2D eigenvalue weighted by Crippen LogP contribution is -2.22. The van der Waals surface area contributed by atoms with Gasteiger partial charge in [-0.3, -0.25) is 10.1 Å². The molecule has 20 heavy (non-hydrogen) atoms. The van der Waals surface area contributed by atoms with Gasteiger partial charge in [0.25, 0.3) is 0 Å². The summed E-state index contributed by atoms with van der Waals surface area (Å²) in [6.07, 6.45) is 4.40. The molecule has 0 atom stereocenters. The summed E-state index contributed by atoms with van der Waals surface area (Å²) in [5, 5.41) is 14.4. The van der Waals surface area contributed by atoms with E-state index in [9.17, 15) is 10.1 Å². The number of ether oxygens (including phenoxy) is 1. The van der Waals surface area contributed by atoms with Crippen LogP contribution in [0.25, 0.3) is 0 Å². The molecule has 0 radical (unpaired) electrons. The van der Waals surface area contributed by atoms with Crippen molar-refractivity contribution < 1.29 is 9.66 Å². The number of hydrogen-bond acceptors (Lipinski definition) is 4. The minimum absolute atomic E-state index is 0.0604. The standard InChI is InChI=1S/C15H22N2O3/c1-11(2)16-10-12-7-8-14(17(18)19)15(9-12)20-13-5-3-4-6-13/h7-9,11,13,16H,3-6,10H2,1-2H3. The maximum Gasteiger partial charge on any atom is 0.310 e. The van der Waals surface area contributed by atoms with Crippen LogP contribution in [0.5, 0.6) is 5.75 Å². The molecule has 5 nitrogen and oxygen atoms in total. The van der Waals surface area contributed by atoms with E-state index in [0.29, 0.717) is 18.3 Å². The van der Waals surface area contributed by atoms with Crippen LogP contribution in [0.2, 0.25) is 0 Å². The Morgan fingerprint density at radius 2 is 2.10 bits per heavy atom. The van der Waals surface area contributed by atoms with Crippen molar-refractivity contribution >= 4 is 5.69 Å². The van der Waals surface area contributed by atoms with Gasteiger partial charge in [0.05, 0.1) is 11.0 Å². The van der Waals surface area contributed by atoms with Crippen molar-refractivity contribution in [3.8, 4) is 5.75 Å². The summed E-state index contributed by atoms with van der Waals surface area (Å²) < 4.78 is 5.85. The van der Waals surface area contributed by atoms with E-state index in [1.165, 1.54) is 0 Å². The lowest BCUT2D eigenvalue weighted by atomic mass is 10.1. The molecule has 2 rings (SSSR count). The molecule has 0 amide bonds. The third kappa shape index (κ3) is 3.93. The molecule has 1 aliphatic rings. The normalized spacial score (nSPS) is 15.8. The second kappa shape index (κ2) is 6.70. The molecule has 0 aromatic heterocycles. The zero-order valence-electron chi connectivity index (χ0n) is 12.1. The highest BCUT2D eigenvalue weighted by molar-refractivity contribution is 5.48. The van der Waals surface area contributed by atoms with Crippen LogP contribution >= 0.6 is 0 Å². The molecule has 1 saturated carbocycles. The van der Waals surface area contributed by atoms with Gasteiger partial charge >= 0.3 is 5.69 Å². The molecule has 1 aromatic rings. The third-order valence-corrected chi connectivity index (χ3v) is 3.53. The van der Waals surface area contributed by atoms with E-state index < -0.39 is 0 Å². The van der Waals surface area contributed by atoms with Crippen molar-refractivity contribution in [3.05, 3.63) is 33.9 Å². The first-order chi connectivity index (χ1) is 9.56. The minimum atomic E-state index is -0.371. The highest BCUT2D eigenvalue weighted by atomic mass is 16.6. The van der Waals surface area contributed by atoms with Crippen molar-refractivity contribution in [2.45, 2.75) is 58.2 Å². The fraction of sp³-hybridized carbons (Fsp3) is 0.600. The molecule has 110 valence electrons. The van der Waals surface area contributed by atoms with Crippen LogP contribution in [-0.4, -0.2) is 17.1 Å². The quantitative estimate of drug-likeness (QED) is 0.639. The van der Waals surface area contributed by atoms with E-state index in [1.54, 1.807) is 18.2 Å². The monoisotopic (exact) mass is 278 g/mol. The summed E-state index contributed by atoms with van der Waals surface area (Å²) in [6.45, 7) is 4.83. The minimum Gasteiger partial charge on any atom is -0.483 e. The third-order valence-electron chi connectivity index (χ3n) is 3.53. The Morgan fingerprint density at radius 1 is 1.40 bits per heavy atom. The lowest BCUT2D eigenvalue weighted by Gasteiger charge is -2.15. The van der Waals surface area contributed by atoms with E-state index >= 15 is 0 Å². The largest absolute Gasteiger partial charge is 0.483 e. The Hall–Kier alpha value is -1.62. The highest BCUT2D eigenvalue weighted by Gasteiger charge is 2.22. The van der Waals surface area contributed by atoms with E-state index in [2.05, 4.69) is 19.2 Å². The molecule has 0 spiro atoms. The van der Waals surface area contributed by atoms with Crippen LogP contribution < -0.4 is 10.1 Å². The topological polar surface area (TPSA) is 64.4 Å². The van der Waals surface area contributed by atoms with Gasteiger partial charge in [-0.05, 0) is 37.3 Å². The molecule has 0 aliphatic heterocycles. The highest BCUT2D eigenvalue weighted by Crippen LogP contribution is 2.32. The number of nitrogens with zero attached hydrogens (tertiary/aromatic N) is 1. The molecule has 0 unspecified atom stereocenters. The van der Waals surface area contributed by atoms with E-state index in [0.717, 1.165) is 31.2 Å². The van der Waals surface area contributed by atoms with Crippen LogP contribution in [0.4, 0.5) is 5.69 Å². The molecule has 0 heterocycles. The molecule has 0 bridgehead atoms. The van der Waals surface area contributed by atoms with Gasteiger partial charge in [0.1, 0.15) is 0 Å². The molecule has 1 N–H and O–H groups in total. The van der Waals surface area contributed by atoms with Crippen LogP contribution in [0, 0.1) is 10.1 Å². The SMILES string of the molecule is CC(C)NCc1ccc([N+](=O)[O-])c(OC2CCCC2)c1. The summed E-state index contributed by atoms with van der Waals surface area (Å²) in [7, 11) is 0. The summed E-state index contributed by atoms with van der Waals surface area (Å²) in [6, 6.07) is 5.51. The van der Waals surface area contributed by atoms with Crippen molar-refractivity contribution in [3.63, 3.8) is 0 Å². The first-order valence-electron chi connectivity index (χ1n) is 7.23. The van der Waals surface area contributed by atoms with Crippen molar-refractivity contribution in [1.82, 2.24) is 5.32 Å². The Morgan fingerprint density at radius 3 is 2.70 bits per heavy atom. The molecule has 5 heteroatoms. The number of rotatable bonds is 6. The van der Waals surface area contributed by atoms with E-state index in [-0.39, 0.29) is 16.7 Å². The lowest BCUT2D eigenvalue weighted by molar-refractivity contribution is -0.386.